The average molecular weight is 285 g/mol. The van der Waals surface area contributed by atoms with Gasteiger partial charge in [-0.15, -0.1) is 0 Å². The molecule has 116 valence electrons. The first-order chi connectivity index (χ1) is 10.4. The van der Waals surface area contributed by atoms with Gasteiger partial charge in [-0.05, 0) is 57.3 Å². The van der Waals surface area contributed by atoms with E-state index in [-0.39, 0.29) is 0 Å². The van der Waals surface area contributed by atoms with Crippen molar-refractivity contribution < 1.29 is 0 Å². The largest absolute Gasteiger partial charge is 0.293 e. The van der Waals surface area contributed by atoms with Gasteiger partial charge in [-0.3, -0.25) is 4.99 Å². The maximum Gasteiger partial charge on any atom is 0.0558 e. The lowest BCUT2D eigenvalue weighted by Gasteiger charge is -2.25. The Balaban J connectivity index is 1.76. The van der Waals surface area contributed by atoms with Crippen LogP contribution in [0.2, 0.25) is 0 Å². The fourth-order valence-electron chi connectivity index (χ4n) is 4.42. The van der Waals surface area contributed by atoms with Crippen molar-refractivity contribution in [2.75, 3.05) is 0 Å². The zero-order chi connectivity index (χ0) is 14.4. The van der Waals surface area contributed by atoms with E-state index in [0.717, 1.165) is 5.92 Å². The predicted octanol–water partition coefficient (Wildman–Crippen LogP) is 5.86. The van der Waals surface area contributed by atoms with Crippen molar-refractivity contribution in [1.29, 1.82) is 0 Å². The molecule has 1 heterocycles. The van der Waals surface area contributed by atoms with Crippen LogP contribution in [0.5, 0.6) is 0 Å². The van der Waals surface area contributed by atoms with Crippen LogP contribution >= 0.6 is 0 Å². The molecule has 0 amide bonds. The van der Waals surface area contributed by atoms with E-state index in [1.165, 1.54) is 77.0 Å². The van der Waals surface area contributed by atoms with Gasteiger partial charge in [0, 0.05) is 11.6 Å². The van der Waals surface area contributed by atoms with E-state index in [4.69, 9.17) is 4.99 Å². The van der Waals surface area contributed by atoms with E-state index in [9.17, 15) is 0 Å². The Morgan fingerprint density at radius 2 is 1.52 bits per heavy atom. The molecule has 0 aromatic carbocycles. The molecule has 1 aliphatic heterocycles. The lowest BCUT2D eigenvalue weighted by molar-refractivity contribution is 0.417. The molecule has 1 atom stereocenters. The Kier molecular flexibility index (Phi) is 5.32. The summed E-state index contributed by atoms with van der Waals surface area (Å²) in [5.41, 5.74) is 0.399. The highest BCUT2D eigenvalue weighted by Gasteiger charge is 2.32. The Labute approximate surface area is 130 Å². The maximum atomic E-state index is 5.16. The Morgan fingerprint density at radius 3 is 2.29 bits per heavy atom. The van der Waals surface area contributed by atoms with Gasteiger partial charge in [-0.2, -0.15) is 0 Å². The third-order valence-corrected chi connectivity index (χ3v) is 5.82. The monoisotopic (exact) mass is 285 g/mol. The second kappa shape index (κ2) is 7.42. The molecule has 0 radical (unpaired) electrons. The summed E-state index contributed by atoms with van der Waals surface area (Å²) in [6.45, 7) is 0. The van der Waals surface area contributed by atoms with Crippen molar-refractivity contribution in [2.45, 2.75) is 83.1 Å². The molecule has 21 heavy (non-hydrogen) atoms. The Morgan fingerprint density at radius 1 is 0.810 bits per heavy atom. The molecule has 0 N–H and O–H groups in total. The standard InChI is InChI=1S/C20H31N/c1-2-4-8-14-20(15-9-10-16-20)17-21-19(13-5-3-1)18-11-6-7-12-18/h3-5,8,17-19H,1-2,6-7,9-16H2/b5-3-,8-4+,21-17?. The Bertz CT molecular complexity index is 392. The van der Waals surface area contributed by atoms with Gasteiger partial charge in [0.2, 0.25) is 0 Å². The fraction of sp³-hybridized carbons (Fsp3) is 0.750. The number of aliphatic imine (C=N–C) groups is 1. The first kappa shape index (κ1) is 15.1. The summed E-state index contributed by atoms with van der Waals surface area (Å²) in [7, 11) is 0. The molecule has 0 aromatic heterocycles. The van der Waals surface area contributed by atoms with E-state index in [2.05, 4.69) is 30.5 Å². The molecule has 1 nitrogen and oxygen atoms in total. The minimum atomic E-state index is 0.399. The molecule has 1 heteroatoms. The lowest BCUT2D eigenvalue weighted by Crippen LogP contribution is -2.22. The third-order valence-electron chi connectivity index (χ3n) is 5.82. The molecule has 0 saturated heterocycles. The highest BCUT2D eigenvalue weighted by atomic mass is 14.8. The van der Waals surface area contributed by atoms with Gasteiger partial charge in [0.15, 0.2) is 0 Å². The van der Waals surface area contributed by atoms with Gasteiger partial charge in [-0.1, -0.05) is 50.0 Å². The van der Waals surface area contributed by atoms with Crippen molar-refractivity contribution in [3.8, 4) is 0 Å². The van der Waals surface area contributed by atoms with Crippen LogP contribution in [0, 0.1) is 11.3 Å². The number of rotatable bonds is 1. The zero-order valence-corrected chi connectivity index (χ0v) is 13.5. The van der Waals surface area contributed by atoms with E-state index in [0.29, 0.717) is 11.5 Å². The highest BCUT2D eigenvalue weighted by molar-refractivity contribution is 5.67. The van der Waals surface area contributed by atoms with Gasteiger partial charge >= 0.3 is 0 Å². The molecule has 2 aliphatic carbocycles. The van der Waals surface area contributed by atoms with Crippen LogP contribution in [-0.4, -0.2) is 12.3 Å². The molecule has 1 unspecified atom stereocenters. The molecular formula is C20H31N. The van der Waals surface area contributed by atoms with Crippen LogP contribution in [0.4, 0.5) is 0 Å². The smallest absolute Gasteiger partial charge is 0.0558 e. The molecule has 3 rings (SSSR count). The van der Waals surface area contributed by atoms with E-state index < -0.39 is 0 Å². The third kappa shape index (κ3) is 4.08. The zero-order valence-electron chi connectivity index (χ0n) is 13.5. The highest BCUT2D eigenvalue weighted by Crippen LogP contribution is 2.41. The van der Waals surface area contributed by atoms with Gasteiger partial charge in [0.1, 0.15) is 0 Å². The molecule has 0 aromatic rings. The summed E-state index contributed by atoms with van der Waals surface area (Å²) in [4.78, 5) is 5.16. The van der Waals surface area contributed by atoms with Crippen LogP contribution < -0.4 is 0 Å². The van der Waals surface area contributed by atoms with Crippen LogP contribution in [0.25, 0.3) is 0 Å². The summed E-state index contributed by atoms with van der Waals surface area (Å²) in [6.07, 6.45) is 27.9. The van der Waals surface area contributed by atoms with Gasteiger partial charge in [0.05, 0.1) is 6.04 Å². The van der Waals surface area contributed by atoms with E-state index in [1.807, 2.05) is 0 Å². The number of hydrogen-bond acceptors (Lipinski definition) is 1. The SMILES string of the molecule is C1=NC(C2CCCC2)C/C=C\CC/C=C/CC12CCCC2. The van der Waals surface area contributed by atoms with Gasteiger partial charge in [0.25, 0.3) is 0 Å². The summed E-state index contributed by atoms with van der Waals surface area (Å²) in [6, 6.07) is 0.560. The van der Waals surface area contributed by atoms with Crippen molar-refractivity contribution in [3.63, 3.8) is 0 Å². The van der Waals surface area contributed by atoms with Crippen molar-refractivity contribution in [1.82, 2.24) is 0 Å². The minimum absolute atomic E-state index is 0.399. The molecule has 2 fully saturated rings. The van der Waals surface area contributed by atoms with Crippen LogP contribution in [0.3, 0.4) is 0 Å². The molecular weight excluding hydrogens is 254 g/mol. The van der Waals surface area contributed by atoms with Crippen molar-refractivity contribution in [2.24, 2.45) is 16.3 Å². The summed E-state index contributed by atoms with van der Waals surface area (Å²) >= 11 is 0. The summed E-state index contributed by atoms with van der Waals surface area (Å²) < 4.78 is 0. The van der Waals surface area contributed by atoms with Crippen molar-refractivity contribution in [3.05, 3.63) is 24.3 Å². The number of allylic oxidation sites excluding steroid dienone is 3. The van der Waals surface area contributed by atoms with Crippen LogP contribution in [-0.2, 0) is 0 Å². The molecule has 0 bridgehead atoms. The first-order valence-corrected chi connectivity index (χ1v) is 9.22. The lowest BCUT2D eigenvalue weighted by atomic mass is 9.83. The second-order valence-corrected chi connectivity index (χ2v) is 7.42. The van der Waals surface area contributed by atoms with E-state index >= 15 is 0 Å². The minimum Gasteiger partial charge on any atom is -0.293 e. The summed E-state index contributed by atoms with van der Waals surface area (Å²) in [5.74, 6) is 0.850. The number of hydrogen-bond donors (Lipinski definition) is 0. The molecule has 3 aliphatic rings. The topological polar surface area (TPSA) is 12.4 Å². The second-order valence-electron chi connectivity index (χ2n) is 7.42. The Hall–Kier alpha value is -0.850. The van der Waals surface area contributed by atoms with Gasteiger partial charge < -0.3 is 0 Å². The van der Waals surface area contributed by atoms with Crippen molar-refractivity contribution >= 4 is 6.21 Å². The van der Waals surface area contributed by atoms with Crippen LogP contribution in [0.15, 0.2) is 29.3 Å². The van der Waals surface area contributed by atoms with E-state index in [1.54, 1.807) is 0 Å². The first-order valence-electron chi connectivity index (χ1n) is 9.22. The molecule has 2 saturated carbocycles. The summed E-state index contributed by atoms with van der Waals surface area (Å²) in [5, 5.41) is 0. The van der Waals surface area contributed by atoms with Crippen LogP contribution in [0.1, 0.15) is 77.0 Å². The maximum absolute atomic E-state index is 5.16. The number of nitrogens with zero attached hydrogens (tertiary/aromatic N) is 1. The molecule has 1 spiro atoms. The predicted molar refractivity (Wildman–Crippen MR) is 91.9 cm³/mol. The normalized spacial score (nSPS) is 33.6. The quantitative estimate of drug-likeness (QED) is 0.535. The van der Waals surface area contributed by atoms with Gasteiger partial charge in [-0.25, -0.2) is 0 Å². The average Bonchev–Trinajstić information content (AvgIpc) is 3.16. The fourth-order valence-corrected chi connectivity index (χ4v) is 4.42.